The van der Waals surface area contributed by atoms with Crippen molar-refractivity contribution in [2.75, 3.05) is 13.1 Å². The van der Waals surface area contributed by atoms with E-state index in [4.69, 9.17) is 11.6 Å². The minimum Gasteiger partial charge on any atom is -0.336 e. The first-order chi connectivity index (χ1) is 7.99. The van der Waals surface area contributed by atoms with Crippen LogP contribution in [0, 0.1) is 5.82 Å². The fourth-order valence-corrected chi connectivity index (χ4v) is 2.31. The highest BCUT2D eigenvalue weighted by Gasteiger charge is 2.27. The molecule has 0 spiro atoms. The van der Waals surface area contributed by atoms with E-state index in [0.29, 0.717) is 17.4 Å². The van der Waals surface area contributed by atoms with Gasteiger partial charge in [-0.3, -0.25) is 4.79 Å². The fraction of sp³-hybridized carbons (Fsp3) is 0.364. The highest BCUT2D eigenvalue weighted by molar-refractivity contribution is 9.10. The zero-order chi connectivity index (χ0) is 12.6. The molecule has 0 aromatic heterocycles. The molecule has 1 saturated heterocycles. The van der Waals surface area contributed by atoms with Gasteiger partial charge in [0.25, 0.3) is 5.91 Å². The van der Waals surface area contributed by atoms with E-state index in [9.17, 15) is 13.6 Å². The number of amides is 1. The summed E-state index contributed by atoms with van der Waals surface area (Å²) >= 11 is 8.70. The number of benzene rings is 1. The van der Waals surface area contributed by atoms with E-state index >= 15 is 0 Å². The molecule has 1 atom stereocenters. The van der Waals surface area contributed by atoms with Crippen molar-refractivity contribution in [3.8, 4) is 0 Å². The summed E-state index contributed by atoms with van der Waals surface area (Å²) in [5, 5.41) is -0.0636. The van der Waals surface area contributed by atoms with Crippen molar-refractivity contribution in [2.45, 2.75) is 12.6 Å². The topological polar surface area (TPSA) is 20.3 Å². The molecule has 1 aliphatic rings. The zero-order valence-electron chi connectivity index (χ0n) is 8.72. The van der Waals surface area contributed by atoms with Crippen LogP contribution in [0.3, 0.4) is 0 Å². The Morgan fingerprint density at radius 2 is 2.24 bits per heavy atom. The lowest BCUT2D eigenvalue weighted by atomic mass is 10.2. The zero-order valence-corrected chi connectivity index (χ0v) is 11.1. The molecular formula is C11H9BrClF2NO. The molecule has 1 heterocycles. The predicted octanol–water partition coefficient (Wildman–Crippen LogP) is 3.43. The Morgan fingerprint density at radius 3 is 2.76 bits per heavy atom. The predicted molar refractivity (Wildman–Crippen MR) is 64.5 cm³/mol. The Morgan fingerprint density at radius 1 is 1.53 bits per heavy atom. The number of hydrogen-bond acceptors (Lipinski definition) is 1. The summed E-state index contributed by atoms with van der Waals surface area (Å²) in [6.45, 7) is 0.433. The quantitative estimate of drug-likeness (QED) is 0.725. The lowest BCUT2D eigenvalue weighted by Gasteiger charge is -2.15. The number of hydrogen-bond donors (Lipinski definition) is 0. The van der Waals surface area contributed by atoms with Crippen LogP contribution in [-0.4, -0.2) is 30.1 Å². The molecule has 6 heteroatoms. The van der Waals surface area contributed by atoms with E-state index in [1.165, 1.54) is 11.0 Å². The molecule has 0 aliphatic carbocycles. The van der Waals surface area contributed by atoms with Crippen LogP contribution in [0.1, 0.15) is 16.8 Å². The van der Waals surface area contributed by atoms with Crippen molar-refractivity contribution in [3.05, 3.63) is 33.0 Å². The van der Waals surface area contributed by atoms with Gasteiger partial charge in [0.15, 0.2) is 0 Å². The van der Waals surface area contributed by atoms with Gasteiger partial charge in [0.2, 0.25) is 0 Å². The second-order valence-corrected chi connectivity index (χ2v) is 5.12. The Balaban J connectivity index is 2.25. The maximum absolute atomic E-state index is 13.4. The van der Waals surface area contributed by atoms with Crippen molar-refractivity contribution in [1.82, 2.24) is 4.90 Å². The van der Waals surface area contributed by atoms with Crippen LogP contribution in [-0.2, 0) is 0 Å². The average molecular weight is 325 g/mol. The van der Waals surface area contributed by atoms with Gasteiger partial charge >= 0.3 is 0 Å². The highest BCUT2D eigenvalue weighted by Crippen LogP contribution is 2.28. The first kappa shape index (κ1) is 12.8. The third kappa shape index (κ3) is 2.60. The fourth-order valence-electron chi connectivity index (χ4n) is 1.76. The minimum absolute atomic E-state index is 0.0636. The van der Waals surface area contributed by atoms with Crippen LogP contribution in [0.25, 0.3) is 0 Å². The summed E-state index contributed by atoms with van der Waals surface area (Å²) in [7, 11) is 0. The van der Waals surface area contributed by atoms with Crippen LogP contribution in [0.4, 0.5) is 8.78 Å². The van der Waals surface area contributed by atoms with Crippen molar-refractivity contribution < 1.29 is 13.6 Å². The van der Waals surface area contributed by atoms with Gasteiger partial charge in [0.1, 0.15) is 12.0 Å². The number of carbonyl (C=O) groups excluding carboxylic acids is 1. The van der Waals surface area contributed by atoms with Crippen molar-refractivity contribution in [3.63, 3.8) is 0 Å². The Bertz CT molecular complexity index is 446. The summed E-state index contributed by atoms with van der Waals surface area (Å²) in [4.78, 5) is 13.3. The molecule has 0 radical (unpaired) electrons. The Labute approximate surface area is 111 Å². The smallest absolute Gasteiger partial charge is 0.254 e. The minimum atomic E-state index is -0.987. The van der Waals surface area contributed by atoms with Crippen LogP contribution in [0.5, 0.6) is 0 Å². The van der Waals surface area contributed by atoms with Gasteiger partial charge in [0, 0.05) is 16.6 Å². The van der Waals surface area contributed by atoms with Crippen molar-refractivity contribution in [2.24, 2.45) is 0 Å². The van der Waals surface area contributed by atoms with E-state index in [1.807, 2.05) is 0 Å². The van der Waals surface area contributed by atoms with Gasteiger partial charge in [-0.1, -0.05) is 11.6 Å². The molecule has 0 bridgehead atoms. The Kier molecular flexibility index (Phi) is 3.68. The van der Waals surface area contributed by atoms with E-state index in [-0.39, 0.29) is 23.0 Å². The Hall–Kier alpha value is -0.680. The van der Waals surface area contributed by atoms with Gasteiger partial charge in [-0.25, -0.2) is 8.78 Å². The number of likely N-dealkylation sites (tertiary alicyclic amines) is 1. The SMILES string of the molecule is O=C(c1cc(F)c(Cl)c(Br)c1)N1CCC(F)C1. The van der Waals surface area contributed by atoms with Gasteiger partial charge < -0.3 is 4.90 Å². The van der Waals surface area contributed by atoms with Gasteiger partial charge in [-0.15, -0.1) is 0 Å². The average Bonchev–Trinajstić information content (AvgIpc) is 2.71. The summed E-state index contributed by atoms with van der Waals surface area (Å²) in [6.07, 6.45) is -0.650. The normalized spacial score (nSPS) is 19.8. The van der Waals surface area contributed by atoms with E-state index in [2.05, 4.69) is 15.9 Å². The summed E-state index contributed by atoms with van der Waals surface area (Å²) < 4.78 is 26.6. The van der Waals surface area contributed by atoms with Crippen molar-refractivity contribution in [1.29, 1.82) is 0 Å². The largest absolute Gasteiger partial charge is 0.336 e. The third-order valence-corrected chi connectivity index (χ3v) is 3.89. The van der Waals surface area contributed by atoms with E-state index in [0.717, 1.165) is 6.07 Å². The standard InChI is InChI=1S/C11H9BrClF2NO/c12-8-3-6(4-9(15)10(8)13)11(17)16-2-1-7(14)5-16/h3-4,7H,1-2,5H2. The molecule has 1 amide bonds. The molecule has 0 saturated carbocycles. The maximum Gasteiger partial charge on any atom is 0.254 e. The molecule has 2 rings (SSSR count). The number of halogens is 4. The van der Waals surface area contributed by atoms with Crippen LogP contribution in [0.2, 0.25) is 5.02 Å². The molecule has 1 aromatic carbocycles. The van der Waals surface area contributed by atoms with Gasteiger partial charge in [-0.05, 0) is 34.5 Å². The number of nitrogens with zero attached hydrogens (tertiary/aromatic N) is 1. The maximum atomic E-state index is 13.4. The second kappa shape index (κ2) is 4.90. The molecule has 1 aromatic rings. The lowest BCUT2D eigenvalue weighted by molar-refractivity contribution is 0.0782. The third-order valence-electron chi connectivity index (χ3n) is 2.65. The molecule has 92 valence electrons. The van der Waals surface area contributed by atoms with Crippen LogP contribution >= 0.6 is 27.5 Å². The highest BCUT2D eigenvalue weighted by atomic mass is 79.9. The number of rotatable bonds is 1. The molecule has 1 aliphatic heterocycles. The van der Waals surface area contributed by atoms with E-state index in [1.54, 1.807) is 0 Å². The monoisotopic (exact) mass is 323 g/mol. The molecule has 2 nitrogen and oxygen atoms in total. The number of alkyl halides is 1. The molecule has 1 unspecified atom stereocenters. The summed E-state index contributed by atoms with van der Waals surface area (Å²) in [6, 6.07) is 2.51. The van der Waals surface area contributed by atoms with E-state index < -0.39 is 12.0 Å². The van der Waals surface area contributed by atoms with Crippen LogP contribution in [0.15, 0.2) is 16.6 Å². The molecule has 17 heavy (non-hydrogen) atoms. The lowest BCUT2D eigenvalue weighted by Crippen LogP contribution is -2.29. The molecular weight excluding hydrogens is 315 g/mol. The molecule has 1 fully saturated rings. The molecule has 0 N–H and O–H groups in total. The summed E-state index contributed by atoms with van der Waals surface area (Å²) in [5.41, 5.74) is 0.174. The first-order valence-electron chi connectivity index (χ1n) is 5.07. The summed E-state index contributed by atoms with van der Waals surface area (Å²) in [5.74, 6) is -1.04. The number of carbonyl (C=O) groups is 1. The van der Waals surface area contributed by atoms with Gasteiger partial charge in [-0.2, -0.15) is 0 Å². The van der Waals surface area contributed by atoms with Crippen molar-refractivity contribution >= 4 is 33.4 Å². The second-order valence-electron chi connectivity index (χ2n) is 3.89. The first-order valence-corrected chi connectivity index (χ1v) is 6.24. The van der Waals surface area contributed by atoms with Gasteiger partial charge in [0.05, 0.1) is 11.6 Å². The van der Waals surface area contributed by atoms with Crippen LogP contribution < -0.4 is 0 Å².